The minimum Gasteiger partial charge on any atom is -0.356 e. The zero-order chi connectivity index (χ0) is 16.6. The summed E-state index contributed by atoms with van der Waals surface area (Å²) >= 11 is 1.78. The third-order valence-electron chi connectivity index (χ3n) is 3.58. The van der Waals surface area contributed by atoms with Crippen molar-refractivity contribution in [2.45, 2.75) is 13.0 Å². The molecular weight excluding hydrogens is 445 g/mol. The molecule has 7 heteroatoms. The van der Waals surface area contributed by atoms with Crippen LogP contribution < -0.4 is 10.6 Å². The predicted molar refractivity (Wildman–Crippen MR) is 115 cm³/mol. The minimum atomic E-state index is 0. The van der Waals surface area contributed by atoms with Crippen molar-refractivity contribution in [2.24, 2.45) is 4.99 Å². The van der Waals surface area contributed by atoms with Crippen LogP contribution in [-0.2, 0) is 13.0 Å². The highest BCUT2D eigenvalue weighted by atomic mass is 127. The molecule has 0 atom stereocenters. The van der Waals surface area contributed by atoms with Crippen molar-refractivity contribution in [3.05, 3.63) is 70.7 Å². The SMILES string of the molecule is CN=C(NCCc1cccs1)NCc1cnn(-c2ccccc2)c1.I. The molecule has 0 radical (unpaired) electrons. The maximum Gasteiger partial charge on any atom is 0.191 e. The van der Waals surface area contributed by atoms with E-state index in [4.69, 9.17) is 0 Å². The summed E-state index contributed by atoms with van der Waals surface area (Å²) in [6, 6.07) is 14.3. The summed E-state index contributed by atoms with van der Waals surface area (Å²) in [6.07, 6.45) is 4.91. The van der Waals surface area contributed by atoms with Crippen LogP contribution >= 0.6 is 35.3 Å². The maximum atomic E-state index is 4.40. The minimum absolute atomic E-state index is 0. The average Bonchev–Trinajstić information content (AvgIpc) is 3.30. The Morgan fingerprint density at radius 1 is 1.16 bits per heavy atom. The van der Waals surface area contributed by atoms with Gasteiger partial charge in [0.05, 0.1) is 11.9 Å². The number of para-hydroxylation sites is 1. The number of guanidine groups is 1. The molecule has 0 aliphatic carbocycles. The van der Waals surface area contributed by atoms with Crippen molar-refractivity contribution in [3.8, 4) is 5.69 Å². The summed E-state index contributed by atoms with van der Waals surface area (Å²) in [5.41, 5.74) is 2.17. The Kier molecular flexibility index (Phi) is 7.93. The van der Waals surface area contributed by atoms with E-state index in [1.807, 2.05) is 47.4 Å². The van der Waals surface area contributed by atoms with Crippen molar-refractivity contribution in [3.63, 3.8) is 0 Å². The molecule has 0 aliphatic heterocycles. The van der Waals surface area contributed by atoms with Gasteiger partial charge in [-0.05, 0) is 30.0 Å². The first-order valence-electron chi connectivity index (χ1n) is 7.91. The van der Waals surface area contributed by atoms with Gasteiger partial charge in [0.1, 0.15) is 0 Å². The largest absolute Gasteiger partial charge is 0.356 e. The van der Waals surface area contributed by atoms with Crippen LogP contribution in [0.4, 0.5) is 0 Å². The van der Waals surface area contributed by atoms with Crippen molar-refractivity contribution >= 4 is 41.3 Å². The number of hydrogen-bond acceptors (Lipinski definition) is 3. The zero-order valence-corrected chi connectivity index (χ0v) is 17.2. The quantitative estimate of drug-likeness (QED) is 0.332. The molecule has 5 nitrogen and oxygen atoms in total. The van der Waals surface area contributed by atoms with Crippen LogP contribution in [0, 0.1) is 0 Å². The fraction of sp³-hybridized carbons (Fsp3) is 0.222. The van der Waals surface area contributed by atoms with Gasteiger partial charge in [-0.1, -0.05) is 24.3 Å². The van der Waals surface area contributed by atoms with Crippen LogP contribution in [0.15, 0.2) is 65.2 Å². The number of benzene rings is 1. The molecule has 0 amide bonds. The summed E-state index contributed by atoms with van der Waals surface area (Å²) in [5.74, 6) is 0.805. The van der Waals surface area contributed by atoms with Gasteiger partial charge in [-0.3, -0.25) is 4.99 Å². The van der Waals surface area contributed by atoms with Crippen molar-refractivity contribution in [2.75, 3.05) is 13.6 Å². The van der Waals surface area contributed by atoms with Crippen LogP contribution in [0.5, 0.6) is 0 Å². The molecule has 0 unspecified atom stereocenters. The Morgan fingerprint density at radius 3 is 2.72 bits per heavy atom. The second kappa shape index (κ2) is 10.2. The molecule has 132 valence electrons. The smallest absolute Gasteiger partial charge is 0.191 e. The van der Waals surface area contributed by atoms with E-state index in [1.165, 1.54) is 4.88 Å². The fourth-order valence-corrected chi connectivity index (χ4v) is 3.05. The van der Waals surface area contributed by atoms with Gasteiger partial charge in [-0.15, -0.1) is 35.3 Å². The van der Waals surface area contributed by atoms with E-state index >= 15 is 0 Å². The summed E-state index contributed by atoms with van der Waals surface area (Å²) in [4.78, 5) is 5.63. The molecule has 0 saturated carbocycles. The Balaban J connectivity index is 0.00000225. The van der Waals surface area contributed by atoms with Crippen molar-refractivity contribution in [1.29, 1.82) is 0 Å². The molecule has 3 rings (SSSR count). The number of nitrogens with zero attached hydrogens (tertiary/aromatic N) is 3. The lowest BCUT2D eigenvalue weighted by Gasteiger charge is -2.10. The van der Waals surface area contributed by atoms with E-state index in [0.717, 1.165) is 30.2 Å². The maximum absolute atomic E-state index is 4.40. The van der Waals surface area contributed by atoms with E-state index in [-0.39, 0.29) is 24.0 Å². The second-order valence-corrected chi connectivity index (χ2v) is 6.34. The van der Waals surface area contributed by atoms with Crippen LogP contribution in [0.2, 0.25) is 0 Å². The number of aromatic nitrogens is 2. The Morgan fingerprint density at radius 2 is 2.00 bits per heavy atom. The first-order valence-corrected chi connectivity index (χ1v) is 8.79. The summed E-state index contributed by atoms with van der Waals surface area (Å²) in [7, 11) is 1.79. The Hall–Kier alpha value is -1.87. The van der Waals surface area contributed by atoms with E-state index in [0.29, 0.717) is 6.54 Å². The molecule has 25 heavy (non-hydrogen) atoms. The van der Waals surface area contributed by atoms with Crippen LogP contribution in [-0.4, -0.2) is 29.3 Å². The molecular formula is C18H22IN5S. The molecule has 2 N–H and O–H groups in total. The van der Waals surface area contributed by atoms with Gasteiger partial charge in [0.2, 0.25) is 0 Å². The second-order valence-electron chi connectivity index (χ2n) is 5.31. The van der Waals surface area contributed by atoms with Crippen LogP contribution in [0.25, 0.3) is 5.69 Å². The normalized spacial score (nSPS) is 11.0. The van der Waals surface area contributed by atoms with Crippen LogP contribution in [0.3, 0.4) is 0 Å². The molecule has 2 aromatic heterocycles. The molecule has 0 fully saturated rings. The van der Waals surface area contributed by atoms with Gasteiger partial charge in [-0.2, -0.15) is 5.10 Å². The van der Waals surface area contributed by atoms with E-state index in [1.54, 1.807) is 18.4 Å². The third kappa shape index (κ3) is 5.86. The first-order chi connectivity index (χ1) is 11.8. The number of halogens is 1. The summed E-state index contributed by atoms with van der Waals surface area (Å²) in [5, 5.41) is 13.2. The highest BCUT2D eigenvalue weighted by Crippen LogP contribution is 2.08. The fourth-order valence-electron chi connectivity index (χ4n) is 2.34. The highest BCUT2D eigenvalue weighted by Gasteiger charge is 2.03. The van der Waals surface area contributed by atoms with Crippen LogP contribution in [0.1, 0.15) is 10.4 Å². The Labute approximate surface area is 169 Å². The Bertz CT molecular complexity index is 768. The molecule has 0 spiro atoms. The zero-order valence-electron chi connectivity index (χ0n) is 14.1. The number of rotatable bonds is 6. The highest BCUT2D eigenvalue weighted by molar-refractivity contribution is 14.0. The number of hydrogen-bond donors (Lipinski definition) is 2. The topological polar surface area (TPSA) is 54.2 Å². The summed E-state index contributed by atoms with van der Waals surface area (Å²) in [6.45, 7) is 1.55. The molecule has 3 aromatic rings. The van der Waals surface area contributed by atoms with Gasteiger partial charge in [0.25, 0.3) is 0 Å². The third-order valence-corrected chi connectivity index (χ3v) is 4.52. The van der Waals surface area contributed by atoms with E-state index < -0.39 is 0 Å². The monoisotopic (exact) mass is 467 g/mol. The van der Waals surface area contributed by atoms with Gasteiger partial charge < -0.3 is 10.6 Å². The molecule has 2 heterocycles. The lowest BCUT2D eigenvalue weighted by atomic mass is 10.3. The molecule has 0 bridgehead atoms. The summed E-state index contributed by atoms with van der Waals surface area (Å²) < 4.78 is 1.88. The molecule has 1 aromatic carbocycles. The number of nitrogens with one attached hydrogen (secondary N) is 2. The number of aliphatic imine (C=N–C) groups is 1. The molecule has 0 aliphatic rings. The molecule has 0 saturated heterocycles. The van der Waals surface area contributed by atoms with Crippen molar-refractivity contribution < 1.29 is 0 Å². The van der Waals surface area contributed by atoms with Gasteiger partial charge >= 0.3 is 0 Å². The standard InChI is InChI=1S/C18H21N5S.HI/c1-19-18(20-10-9-17-8-5-11-24-17)21-12-15-13-22-23(14-15)16-6-3-2-4-7-16;/h2-8,11,13-14H,9-10,12H2,1H3,(H2,19,20,21);1H. The van der Waals surface area contributed by atoms with E-state index in [2.05, 4.69) is 38.2 Å². The average molecular weight is 467 g/mol. The predicted octanol–water partition coefficient (Wildman–Crippen LogP) is 3.46. The van der Waals surface area contributed by atoms with Gasteiger partial charge in [0, 0.05) is 36.8 Å². The van der Waals surface area contributed by atoms with Gasteiger partial charge in [0.15, 0.2) is 5.96 Å². The number of thiophene rings is 1. The lowest BCUT2D eigenvalue weighted by molar-refractivity contribution is 0.798. The van der Waals surface area contributed by atoms with Crippen molar-refractivity contribution in [1.82, 2.24) is 20.4 Å². The first kappa shape index (κ1) is 19.5. The lowest BCUT2D eigenvalue weighted by Crippen LogP contribution is -2.37. The van der Waals surface area contributed by atoms with Gasteiger partial charge in [-0.25, -0.2) is 4.68 Å². The van der Waals surface area contributed by atoms with E-state index in [9.17, 15) is 0 Å².